The minimum absolute atomic E-state index is 0.0521. The maximum Gasteiger partial charge on any atom is 0.263 e. The van der Waals surface area contributed by atoms with Crippen LogP contribution in [0, 0.1) is 12.3 Å². The summed E-state index contributed by atoms with van der Waals surface area (Å²) in [5, 5.41) is 13.0. The molecule has 0 unspecified atom stereocenters. The van der Waals surface area contributed by atoms with Crippen molar-refractivity contribution in [3.8, 4) is 28.6 Å². The molecule has 130 valence electrons. The molecule has 0 radical (unpaired) electrons. The summed E-state index contributed by atoms with van der Waals surface area (Å²) in [6.45, 7) is 4.44. The van der Waals surface area contributed by atoms with E-state index in [4.69, 9.17) is 19.1 Å². The average molecular weight is 347 g/mol. The zero-order valence-electron chi connectivity index (χ0n) is 14.4. The van der Waals surface area contributed by atoms with Crippen molar-refractivity contribution < 1.29 is 13.7 Å². The summed E-state index contributed by atoms with van der Waals surface area (Å²) in [5.41, 5.74) is 2.93. The van der Waals surface area contributed by atoms with E-state index in [0.29, 0.717) is 29.3 Å². The van der Waals surface area contributed by atoms with E-state index in [1.807, 2.05) is 56.3 Å². The van der Waals surface area contributed by atoms with Gasteiger partial charge in [-0.05, 0) is 26.0 Å². The van der Waals surface area contributed by atoms with E-state index < -0.39 is 0 Å². The Hall–Kier alpha value is -3.41. The Bertz CT molecular complexity index is 1130. The van der Waals surface area contributed by atoms with Gasteiger partial charge < -0.3 is 13.7 Å². The van der Waals surface area contributed by atoms with Crippen LogP contribution in [0.1, 0.15) is 12.5 Å². The van der Waals surface area contributed by atoms with E-state index in [1.165, 1.54) is 0 Å². The summed E-state index contributed by atoms with van der Waals surface area (Å²) >= 11 is 0. The van der Waals surface area contributed by atoms with Gasteiger partial charge in [-0.3, -0.25) is 5.41 Å². The van der Waals surface area contributed by atoms with E-state index >= 15 is 0 Å². The molecule has 4 aromatic rings. The van der Waals surface area contributed by atoms with Gasteiger partial charge in [0.05, 0.1) is 6.61 Å². The second-order valence-electron chi connectivity index (χ2n) is 5.89. The number of para-hydroxylation sites is 1. The summed E-state index contributed by atoms with van der Waals surface area (Å²) in [6.07, 6.45) is 0. The molecule has 0 fully saturated rings. The van der Waals surface area contributed by atoms with Crippen LogP contribution in [-0.4, -0.2) is 16.7 Å². The number of ether oxygens (including phenoxy) is 1. The second-order valence-corrected chi connectivity index (χ2v) is 5.89. The van der Waals surface area contributed by atoms with Gasteiger partial charge in [0.15, 0.2) is 11.3 Å². The van der Waals surface area contributed by atoms with Crippen molar-refractivity contribution in [1.82, 2.24) is 10.1 Å². The van der Waals surface area contributed by atoms with Crippen LogP contribution in [0.2, 0.25) is 0 Å². The fraction of sp³-hybridized carbons (Fsp3) is 0.150. The van der Waals surface area contributed by atoms with Gasteiger partial charge >= 0.3 is 0 Å². The van der Waals surface area contributed by atoms with Gasteiger partial charge in [0, 0.05) is 10.9 Å². The number of nitrogens with zero attached hydrogens (tertiary/aromatic N) is 2. The molecule has 0 saturated heterocycles. The molecule has 6 heteroatoms. The van der Waals surface area contributed by atoms with Gasteiger partial charge in [0.1, 0.15) is 5.56 Å². The molecule has 26 heavy (non-hydrogen) atoms. The van der Waals surface area contributed by atoms with Crippen molar-refractivity contribution in [3.05, 3.63) is 59.6 Å². The van der Waals surface area contributed by atoms with Crippen molar-refractivity contribution >= 4 is 11.0 Å². The van der Waals surface area contributed by atoms with Crippen LogP contribution in [0.15, 0.2) is 57.5 Å². The van der Waals surface area contributed by atoms with Gasteiger partial charge in [-0.1, -0.05) is 47.1 Å². The van der Waals surface area contributed by atoms with Crippen LogP contribution in [-0.2, 0) is 0 Å². The van der Waals surface area contributed by atoms with Crippen LogP contribution >= 0.6 is 0 Å². The van der Waals surface area contributed by atoms with Gasteiger partial charge in [-0.25, -0.2) is 0 Å². The van der Waals surface area contributed by atoms with Crippen molar-refractivity contribution in [2.75, 3.05) is 6.61 Å². The van der Waals surface area contributed by atoms with Crippen molar-refractivity contribution in [3.63, 3.8) is 0 Å². The Morgan fingerprint density at radius 1 is 1.12 bits per heavy atom. The van der Waals surface area contributed by atoms with E-state index in [-0.39, 0.29) is 11.4 Å². The van der Waals surface area contributed by atoms with Crippen molar-refractivity contribution in [2.24, 2.45) is 0 Å². The van der Waals surface area contributed by atoms with Crippen LogP contribution in [0.3, 0.4) is 0 Å². The highest BCUT2D eigenvalue weighted by atomic mass is 16.5. The number of hydrogen-bond acceptors (Lipinski definition) is 6. The number of benzene rings is 2. The fourth-order valence-electron chi connectivity index (χ4n) is 2.71. The summed E-state index contributed by atoms with van der Waals surface area (Å²) in [7, 11) is 0. The first-order valence-electron chi connectivity index (χ1n) is 8.31. The highest BCUT2D eigenvalue weighted by Crippen LogP contribution is 2.28. The van der Waals surface area contributed by atoms with E-state index in [0.717, 1.165) is 16.5 Å². The lowest BCUT2D eigenvalue weighted by Gasteiger charge is -2.06. The van der Waals surface area contributed by atoms with Crippen LogP contribution in [0.4, 0.5) is 0 Å². The quantitative estimate of drug-likeness (QED) is 0.594. The monoisotopic (exact) mass is 347 g/mol. The van der Waals surface area contributed by atoms with Gasteiger partial charge in [0.25, 0.3) is 5.89 Å². The molecule has 2 aromatic carbocycles. The normalized spacial score (nSPS) is 11.0. The lowest BCUT2D eigenvalue weighted by molar-refractivity contribution is 0.336. The summed E-state index contributed by atoms with van der Waals surface area (Å²) in [4.78, 5) is 4.42. The Balaban J connectivity index is 1.79. The van der Waals surface area contributed by atoms with Crippen LogP contribution in [0.25, 0.3) is 33.8 Å². The Kier molecular flexibility index (Phi) is 4.01. The first kappa shape index (κ1) is 16.1. The molecular weight excluding hydrogens is 330 g/mol. The lowest BCUT2D eigenvalue weighted by Crippen LogP contribution is -2.04. The lowest BCUT2D eigenvalue weighted by atomic mass is 10.1. The maximum absolute atomic E-state index is 8.21. The number of aryl methyl sites for hydroxylation is 1. The number of hydrogen-bond donors (Lipinski definition) is 1. The standard InChI is InChI=1S/C20H17N3O3/c1-3-24-16-6-4-5-14-11-15(18(21)25-17(14)16)20-22-19(23-26-20)13-9-7-12(2)8-10-13/h4-11,21H,3H2,1-2H3. The minimum atomic E-state index is -0.0521. The zero-order chi connectivity index (χ0) is 18.1. The number of nitrogens with one attached hydrogen (secondary N) is 1. The molecule has 0 spiro atoms. The average Bonchev–Trinajstić information content (AvgIpc) is 3.12. The molecule has 0 atom stereocenters. The highest BCUT2D eigenvalue weighted by Gasteiger charge is 2.15. The van der Waals surface area contributed by atoms with E-state index in [2.05, 4.69) is 10.1 Å². The molecule has 1 N–H and O–H groups in total. The predicted octanol–water partition coefficient (Wildman–Crippen LogP) is 4.34. The molecule has 0 amide bonds. The molecule has 0 aliphatic heterocycles. The molecule has 4 rings (SSSR count). The first-order valence-corrected chi connectivity index (χ1v) is 8.31. The zero-order valence-corrected chi connectivity index (χ0v) is 14.4. The minimum Gasteiger partial charge on any atom is -0.490 e. The largest absolute Gasteiger partial charge is 0.490 e. The fourth-order valence-corrected chi connectivity index (χ4v) is 2.71. The van der Waals surface area contributed by atoms with Crippen LogP contribution < -0.4 is 10.3 Å². The summed E-state index contributed by atoms with van der Waals surface area (Å²) in [6, 6.07) is 15.2. The third-order valence-corrected chi connectivity index (χ3v) is 4.02. The summed E-state index contributed by atoms with van der Waals surface area (Å²) < 4.78 is 16.6. The van der Waals surface area contributed by atoms with Gasteiger partial charge in [0.2, 0.25) is 11.4 Å². The maximum atomic E-state index is 8.21. The topological polar surface area (TPSA) is 85.1 Å². The number of aromatic nitrogens is 2. The molecule has 2 heterocycles. The third-order valence-electron chi connectivity index (χ3n) is 4.02. The molecular formula is C20H17N3O3. The Morgan fingerprint density at radius 3 is 2.69 bits per heavy atom. The Morgan fingerprint density at radius 2 is 1.92 bits per heavy atom. The van der Waals surface area contributed by atoms with Crippen molar-refractivity contribution in [2.45, 2.75) is 13.8 Å². The van der Waals surface area contributed by atoms with Crippen molar-refractivity contribution in [1.29, 1.82) is 5.41 Å². The first-order chi connectivity index (χ1) is 12.7. The number of rotatable bonds is 4. The van der Waals surface area contributed by atoms with Gasteiger partial charge in [-0.2, -0.15) is 4.98 Å². The summed E-state index contributed by atoms with van der Waals surface area (Å²) in [5.74, 6) is 1.33. The third kappa shape index (κ3) is 2.86. The Labute approximate surface area is 149 Å². The van der Waals surface area contributed by atoms with E-state index in [9.17, 15) is 0 Å². The molecule has 2 aromatic heterocycles. The SMILES string of the molecule is CCOc1cccc2cc(-c3nc(-c4ccc(C)cc4)no3)c(=N)oc12. The number of fused-ring (bicyclic) bond motifs is 1. The molecule has 0 saturated carbocycles. The smallest absolute Gasteiger partial charge is 0.263 e. The molecule has 0 aliphatic carbocycles. The van der Waals surface area contributed by atoms with E-state index in [1.54, 1.807) is 6.07 Å². The molecule has 0 bridgehead atoms. The predicted molar refractivity (Wildman–Crippen MR) is 96.7 cm³/mol. The second kappa shape index (κ2) is 6.48. The highest BCUT2D eigenvalue weighted by molar-refractivity contribution is 5.85. The molecule has 6 nitrogen and oxygen atoms in total. The van der Waals surface area contributed by atoms with Crippen LogP contribution in [0.5, 0.6) is 5.75 Å². The molecule has 0 aliphatic rings. The van der Waals surface area contributed by atoms with Gasteiger partial charge in [-0.15, -0.1) is 0 Å².